The monoisotopic (exact) mass is 310 g/mol. The van der Waals surface area contributed by atoms with Crippen molar-refractivity contribution in [2.45, 2.75) is 19.9 Å². The maximum atomic E-state index is 12.2. The summed E-state index contributed by atoms with van der Waals surface area (Å²) in [5.74, 6) is 0.687. The van der Waals surface area contributed by atoms with E-state index in [-0.39, 0.29) is 5.91 Å². The molecule has 1 heterocycles. The number of benzene rings is 1. The summed E-state index contributed by atoms with van der Waals surface area (Å²) in [6, 6.07) is 13.6. The molecule has 0 bridgehead atoms. The number of hydrogen-bond acceptors (Lipinski definition) is 3. The minimum absolute atomic E-state index is 0.0939. The third-order valence-electron chi connectivity index (χ3n) is 3.62. The van der Waals surface area contributed by atoms with Crippen LogP contribution in [-0.2, 0) is 17.8 Å². The number of rotatable bonds is 7. The molecule has 1 amide bonds. The number of amides is 1. The van der Waals surface area contributed by atoms with E-state index in [2.05, 4.69) is 11.6 Å². The summed E-state index contributed by atoms with van der Waals surface area (Å²) in [7, 11) is 1.63. The van der Waals surface area contributed by atoms with Crippen molar-refractivity contribution in [3.8, 4) is 5.75 Å². The maximum absolute atomic E-state index is 12.2. The third-order valence-corrected chi connectivity index (χ3v) is 3.62. The molecule has 0 aliphatic carbocycles. The van der Waals surface area contributed by atoms with Gasteiger partial charge in [-0.2, -0.15) is 0 Å². The predicted molar refractivity (Wildman–Crippen MR) is 91.3 cm³/mol. The molecule has 4 nitrogen and oxygen atoms in total. The van der Waals surface area contributed by atoms with Crippen molar-refractivity contribution in [3.05, 3.63) is 72.1 Å². The van der Waals surface area contributed by atoms with Crippen LogP contribution in [0.4, 0.5) is 0 Å². The van der Waals surface area contributed by atoms with Crippen LogP contribution in [0.2, 0.25) is 0 Å². The van der Waals surface area contributed by atoms with Gasteiger partial charge in [-0.25, -0.2) is 0 Å². The Balaban J connectivity index is 2.11. The van der Waals surface area contributed by atoms with E-state index < -0.39 is 0 Å². The molecule has 1 aromatic heterocycles. The van der Waals surface area contributed by atoms with Gasteiger partial charge in [0.15, 0.2) is 0 Å². The van der Waals surface area contributed by atoms with Gasteiger partial charge < -0.3 is 9.64 Å². The molecule has 0 atom stereocenters. The zero-order valence-corrected chi connectivity index (χ0v) is 13.7. The van der Waals surface area contributed by atoms with Gasteiger partial charge >= 0.3 is 0 Å². The standard InChI is InChI=1S/C19H22N2O2/c1-4-19(22)21(13-12-17-10-7-8-15(2)20-17)14-16-9-5-6-11-18(16)23-3/h4-11H,1,12-14H2,2-3H3. The number of hydrogen-bond donors (Lipinski definition) is 0. The first-order valence-electron chi connectivity index (χ1n) is 7.60. The first kappa shape index (κ1) is 16.7. The number of ether oxygens (including phenoxy) is 1. The van der Waals surface area contributed by atoms with Crippen molar-refractivity contribution in [3.63, 3.8) is 0 Å². The molecule has 0 aliphatic heterocycles. The first-order chi connectivity index (χ1) is 11.1. The number of carbonyl (C=O) groups is 1. The minimum Gasteiger partial charge on any atom is -0.496 e. The number of para-hydroxylation sites is 1. The topological polar surface area (TPSA) is 42.4 Å². The highest BCUT2D eigenvalue weighted by atomic mass is 16.5. The minimum atomic E-state index is -0.0939. The summed E-state index contributed by atoms with van der Waals surface area (Å²) >= 11 is 0. The Bertz CT molecular complexity index is 683. The van der Waals surface area contributed by atoms with E-state index in [9.17, 15) is 4.79 Å². The summed E-state index contributed by atoms with van der Waals surface area (Å²) in [4.78, 5) is 18.4. The van der Waals surface area contributed by atoms with Gasteiger partial charge in [-0.05, 0) is 31.2 Å². The molecule has 2 rings (SSSR count). The predicted octanol–water partition coefficient (Wildman–Crippen LogP) is 3.16. The molecule has 4 heteroatoms. The number of aromatic nitrogens is 1. The third kappa shape index (κ3) is 4.68. The zero-order valence-electron chi connectivity index (χ0n) is 13.7. The van der Waals surface area contributed by atoms with Crippen molar-refractivity contribution in [2.75, 3.05) is 13.7 Å². The second kappa shape index (κ2) is 8.13. The van der Waals surface area contributed by atoms with E-state index >= 15 is 0 Å². The summed E-state index contributed by atoms with van der Waals surface area (Å²) in [6.45, 7) is 6.63. The van der Waals surface area contributed by atoms with E-state index in [1.165, 1.54) is 6.08 Å². The van der Waals surface area contributed by atoms with E-state index in [0.717, 1.165) is 22.7 Å². The highest BCUT2D eigenvalue weighted by Crippen LogP contribution is 2.19. The molecule has 0 spiro atoms. The Morgan fingerprint density at radius 3 is 2.74 bits per heavy atom. The average Bonchev–Trinajstić information content (AvgIpc) is 2.58. The number of nitrogens with zero attached hydrogens (tertiary/aromatic N) is 2. The van der Waals surface area contributed by atoms with Crippen LogP contribution in [0.1, 0.15) is 17.0 Å². The quantitative estimate of drug-likeness (QED) is 0.738. The van der Waals surface area contributed by atoms with Crippen LogP contribution < -0.4 is 4.74 Å². The second-order valence-corrected chi connectivity index (χ2v) is 5.30. The van der Waals surface area contributed by atoms with Gasteiger partial charge in [-0.3, -0.25) is 9.78 Å². The molecule has 0 radical (unpaired) electrons. The fraction of sp³-hybridized carbons (Fsp3) is 0.263. The van der Waals surface area contributed by atoms with Crippen molar-refractivity contribution in [1.82, 2.24) is 9.88 Å². The summed E-state index contributed by atoms with van der Waals surface area (Å²) in [6.07, 6.45) is 2.05. The van der Waals surface area contributed by atoms with Gasteiger partial charge in [0.05, 0.1) is 7.11 Å². The molecular weight excluding hydrogens is 288 g/mol. The molecule has 0 aliphatic rings. The normalized spacial score (nSPS) is 10.2. The van der Waals surface area contributed by atoms with Crippen molar-refractivity contribution in [2.24, 2.45) is 0 Å². The van der Waals surface area contributed by atoms with Crippen molar-refractivity contribution >= 4 is 5.91 Å². The first-order valence-corrected chi connectivity index (χ1v) is 7.60. The highest BCUT2D eigenvalue weighted by molar-refractivity contribution is 5.87. The van der Waals surface area contributed by atoms with Crippen LogP contribution in [0, 0.1) is 6.92 Å². The molecule has 1 aromatic carbocycles. The molecular formula is C19H22N2O2. The van der Waals surface area contributed by atoms with Gasteiger partial charge in [-0.1, -0.05) is 30.8 Å². The molecule has 0 saturated carbocycles. The van der Waals surface area contributed by atoms with Crippen LogP contribution in [-0.4, -0.2) is 29.4 Å². The van der Waals surface area contributed by atoms with Crippen LogP contribution in [0.25, 0.3) is 0 Å². The summed E-state index contributed by atoms with van der Waals surface area (Å²) in [5, 5.41) is 0. The van der Waals surface area contributed by atoms with Crippen LogP contribution in [0.15, 0.2) is 55.1 Å². The molecule has 0 N–H and O–H groups in total. The Hall–Kier alpha value is -2.62. The molecule has 0 saturated heterocycles. The van der Waals surface area contributed by atoms with Gasteiger partial charge in [0, 0.05) is 36.5 Å². The molecule has 2 aromatic rings. The van der Waals surface area contributed by atoms with Gasteiger partial charge in [0.1, 0.15) is 5.75 Å². The lowest BCUT2D eigenvalue weighted by atomic mass is 10.1. The number of aryl methyl sites for hydroxylation is 1. The van der Waals surface area contributed by atoms with Crippen molar-refractivity contribution < 1.29 is 9.53 Å². The lowest BCUT2D eigenvalue weighted by molar-refractivity contribution is -0.126. The SMILES string of the molecule is C=CC(=O)N(CCc1cccc(C)n1)Cc1ccccc1OC. The second-order valence-electron chi connectivity index (χ2n) is 5.30. The summed E-state index contributed by atoms with van der Waals surface area (Å²) < 4.78 is 5.36. The number of pyridine rings is 1. The Labute approximate surface area is 137 Å². The average molecular weight is 310 g/mol. The van der Waals surface area contributed by atoms with E-state index in [4.69, 9.17) is 4.74 Å². The fourth-order valence-corrected chi connectivity index (χ4v) is 2.42. The van der Waals surface area contributed by atoms with Crippen LogP contribution in [0.5, 0.6) is 5.75 Å². The lowest BCUT2D eigenvalue weighted by Crippen LogP contribution is -2.31. The summed E-state index contributed by atoms with van der Waals surface area (Å²) in [5.41, 5.74) is 2.93. The maximum Gasteiger partial charge on any atom is 0.246 e. The number of methoxy groups -OCH3 is 1. The Morgan fingerprint density at radius 1 is 1.26 bits per heavy atom. The smallest absolute Gasteiger partial charge is 0.246 e. The van der Waals surface area contributed by atoms with Crippen LogP contribution >= 0.6 is 0 Å². The fourth-order valence-electron chi connectivity index (χ4n) is 2.42. The molecule has 0 unspecified atom stereocenters. The van der Waals surface area contributed by atoms with Crippen LogP contribution in [0.3, 0.4) is 0 Å². The van der Waals surface area contributed by atoms with E-state index in [1.807, 2.05) is 49.4 Å². The van der Waals surface area contributed by atoms with E-state index in [0.29, 0.717) is 19.5 Å². The van der Waals surface area contributed by atoms with Gasteiger partial charge in [0.25, 0.3) is 0 Å². The van der Waals surface area contributed by atoms with E-state index in [1.54, 1.807) is 12.0 Å². The lowest BCUT2D eigenvalue weighted by Gasteiger charge is -2.22. The molecule has 0 fully saturated rings. The van der Waals surface area contributed by atoms with Gasteiger partial charge in [0.2, 0.25) is 5.91 Å². The number of carbonyl (C=O) groups excluding carboxylic acids is 1. The van der Waals surface area contributed by atoms with Crippen molar-refractivity contribution in [1.29, 1.82) is 0 Å². The highest BCUT2D eigenvalue weighted by Gasteiger charge is 2.13. The molecule has 120 valence electrons. The zero-order chi connectivity index (χ0) is 16.7. The Kier molecular flexibility index (Phi) is 5.92. The largest absolute Gasteiger partial charge is 0.496 e. The van der Waals surface area contributed by atoms with Gasteiger partial charge in [-0.15, -0.1) is 0 Å². The Morgan fingerprint density at radius 2 is 2.04 bits per heavy atom. The molecule has 23 heavy (non-hydrogen) atoms.